The van der Waals surface area contributed by atoms with Crippen molar-refractivity contribution in [1.29, 1.82) is 0 Å². The highest BCUT2D eigenvalue weighted by molar-refractivity contribution is 4.95. The largest absolute Gasteiger partial charge is 0.343 e. The standard InChI is InChI=1S/C9H15/c1-4-6-7-8-9(3)5-2/h6H,1-5,7-8H2. The second kappa shape index (κ2) is 5.74. The molecule has 9 heavy (non-hydrogen) atoms. The lowest BCUT2D eigenvalue weighted by Gasteiger charge is -1.98. The fourth-order valence-corrected chi connectivity index (χ4v) is 0.576. The van der Waals surface area contributed by atoms with Crippen LogP contribution in [0.1, 0.15) is 25.7 Å². The predicted molar refractivity (Wildman–Crippen MR) is 42.6 cm³/mol. The van der Waals surface area contributed by atoms with Crippen molar-refractivity contribution in [1.82, 2.24) is 0 Å². The van der Waals surface area contributed by atoms with Gasteiger partial charge in [0, 0.05) is 0 Å². The van der Waals surface area contributed by atoms with E-state index in [0.717, 1.165) is 25.7 Å². The normalized spacial score (nSPS) is 9.44. The monoisotopic (exact) mass is 123 g/mol. The van der Waals surface area contributed by atoms with E-state index in [1.54, 1.807) is 0 Å². The molecule has 0 unspecified atom stereocenters. The van der Waals surface area contributed by atoms with Crippen molar-refractivity contribution >= 4 is 0 Å². The summed E-state index contributed by atoms with van der Waals surface area (Å²) >= 11 is 0. The molecule has 0 heteroatoms. The maximum atomic E-state index is 3.84. The Labute approximate surface area is 59.0 Å². The summed E-state index contributed by atoms with van der Waals surface area (Å²) in [5.74, 6) is 0. The van der Waals surface area contributed by atoms with Crippen molar-refractivity contribution < 1.29 is 0 Å². The summed E-state index contributed by atoms with van der Waals surface area (Å²) in [6, 6.07) is 0. The van der Waals surface area contributed by atoms with Crippen LogP contribution in [0.5, 0.6) is 0 Å². The van der Waals surface area contributed by atoms with Gasteiger partial charge in [0.2, 0.25) is 0 Å². The molecular weight excluding hydrogens is 108 g/mol. The summed E-state index contributed by atoms with van der Waals surface area (Å²) in [5.41, 5.74) is 1.24. The molecule has 0 heterocycles. The molecule has 0 aromatic carbocycles. The van der Waals surface area contributed by atoms with Gasteiger partial charge in [-0.3, -0.25) is 0 Å². The highest BCUT2D eigenvalue weighted by Gasteiger charge is 1.91. The molecule has 0 saturated carbocycles. The van der Waals surface area contributed by atoms with E-state index < -0.39 is 0 Å². The van der Waals surface area contributed by atoms with Crippen molar-refractivity contribution in [2.75, 3.05) is 0 Å². The van der Waals surface area contributed by atoms with Crippen molar-refractivity contribution in [3.05, 3.63) is 32.4 Å². The Morgan fingerprint density at radius 3 is 2.78 bits per heavy atom. The third-order valence-corrected chi connectivity index (χ3v) is 1.26. The second-order valence-electron chi connectivity index (χ2n) is 2.12. The highest BCUT2D eigenvalue weighted by atomic mass is 13.9. The van der Waals surface area contributed by atoms with Gasteiger partial charge < -0.3 is 6.92 Å². The number of rotatable bonds is 5. The van der Waals surface area contributed by atoms with Gasteiger partial charge in [-0.1, -0.05) is 13.0 Å². The Morgan fingerprint density at radius 2 is 2.33 bits per heavy atom. The molecule has 0 aromatic rings. The summed E-state index contributed by atoms with van der Waals surface area (Å²) in [5, 5.41) is 0. The van der Waals surface area contributed by atoms with Crippen LogP contribution < -0.4 is 0 Å². The first-order valence-electron chi connectivity index (χ1n) is 3.38. The molecule has 0 nitrogen and oxygen atoms in total. The van der Waals surface area contributed by atoms with E-state index in [1.807, 2.05) is 0 Å². The van der Waals surface area contributed by atoms with E-state index >= 15 is 0 Å². The van der Waals surface area contributed by atoms with Crippen LogP contribution >= 0.6 is 0 Å². The lowest BCUT2D eigenvalue weighted by Crippen LogP contribution is -1.79. The van der Waals surface area contributed by atoms with Crippen molar-refractivity contribution in [3.63, 3.8) is 0 Å². The van der Waals surface area contributed by atoms with Gasteiger partial charge >= 0.3 is 0 Å². The Bertz CT molecular complexity index is 72.1. The van der Waals surface area contributed by atoms with Gasteiger partial charge in [-0.05, 0) is 18.4 Å². The Kier molecular flexibility index (Phi) is 5.49. The average Bonchev–Trinajstić information content (AvgIpc) is 1.89. The quantitative estimate of drug-likeness (QED) is 0.299. The first kappa shape index (κ1) is 8.61. The zero-order valence-corrected chi connectivity index (χ0v) is 6.03. The SMILES string of the molecule is C=C(C[CH2+])CC[CH]C[CH2-]. The van der Waals surface area contributed by atoms with E-state index in [-0.39, 0.29) is 0 Å². The minimum Gasteiger partial charge on any atom is -0.343 e. The lowest BCUT2D eigenvalue weighted by molar-refractivity contribution is 0.872. The van der Waals surface area contributed by atoms with Gasteiger partial charge in [0.25, 0.3) is 0 Å². The zero-order chi connectivity index (χ0) is 7.11. The zero-order valence-electron chi connectivity index (χ0n) is 6.03. The molecule has 0 aliphatic heterocycles. The summed E-state index contributed by atoms with van der Waals surface area (Å²) in [7, 11) is 0. The number of unbranched alkanes of at least 4 members (excludes halogenated alkanes) is 2. The fraction of sp³-hybridized carbons (Fsp3) is 0.444. The molecule has 0 saturated heterocycles. The highest BCUT2D eigenvalue weighted by Crippen LogP contribution is 2.07. The van der Waals surface area contributed by atoms with Crippen LogP contribution in [0, 0.1) is 20.3 Å². The minimum absolute atomic E-state index is 0.866. The smallest absolute Gasteiger partial charge is 0.106 e. The van der Waals surface area contributed by atoms with Crippen LogP contribution in [0.3, 0.4) is 0 Å². The minimum atomic E-state index is 0.866. The molecule has 0 atom stereocenters. The maximum absolute atomic E-state index is 3.84. The van der Waals surface area contributed by atoms with Gasteiger partial charge in [0.1, 0.15) is 6.42 Å². The van der Waals surface area contributed by atoms with Crippen molar-refractivity contribution in [2.45, 2.75) is 25.7 Å². The molecule has 0 aliphatic carbocycles. The third kappa shape index (κ3) is 5.48. The molecule has 0 aliphatic rings. The van der Waals surface area contributed by atoms with E-state index in [1.165, 1.54) is 5.57 Å². The summed E-state index contributed by atoms with van der Waals surface area (Å²) in [4.78, 5) is 0. The van der Waals surface area contributed by atoms with Crippen LogP contribution in [0.4, 0.5) is 0 Å². The molecule has 0 aromatic heterocycles. The van der Waals surface area contributed by atoms with Gasteiger partial charge in [0.15, 0.2) is 0 Å². The van der Waals surface area contributed by atoms with Crippen LogP contribution in [0.2, 0.25) is 0 Å². The van der Waals surface area contributed by atoms with E-state index in [9.17, 15) is 0 Å². The van der Waals surface area contributed by atoms with E-state index in [0.29, 0.717) is 0 Å². The topological polar surface area (TPSA) is 0 Å². The van der Waals surface area contributed by atoms with Crippen molar-refractivity contribution in [2.24, 2.45) is 0 Å². The molecule has 0 spiro atoms. The van der Waals surface area contributed by atoms with Crippen LogP contribution in [0.25, 0.3) is 0 Å². The molecule has 1 radical (unpaired) electrons. The van der Waals surface area contributed by atoms with Gasteiger partial charge in [-0.25, -0.2) is 0 Å². The summed E-state index contributed by atoms with van der Waals surface area (Å²) in [6.45, 7) is 11.3. The first-order chi connectivity index (χ1) is 4.31. The molecule has 51 valence electrons. The lowest BCUT2D eigenvalue weighted by atomic mass is 10.1. The number of allylic oxidation sites excluding steroid dienone is 1. The predicted octanol–water partition coefficient (Wildman–Crippen LogP) is 2.98. The van der Waals surface area contributed by atoms with Gasteiger partial charge in [0.05, 0.1) is 6.92 Å². The van der Waals surface area contributed by atoms with Gasteiger partial charge in [-0.15, -0.1) is 0 Å². The van der Waals surface area contributed by atoms with Crippen LogP contribution in [-0.4, -0.2) is 0 Å². The van der Waals surface area contributed by atoms with E-state index in [4.69, 9.17) is 0 Å². The second-order valence-corrected chi connectivity index (χ2v) is 2.12. The van der Waals surface area contributed by atoms with Crippen molar-refractivity contribution in [3.8, 4) is 0 Å². The average molecular weight is 123 g/mol. The molecule has 0 N–H and O–H groups in total. The molecular formula is C9H15. The Hall–Kier alpha value is -0.390. The van der Waals surface area contributed by atoms with Crippen LogP contribution in [-0.2, 0) is 0 Å². The summed E-state index contributed by atoms with van der Waals surface area (Å²) < 4.78 is 0. The maximum Gasteiger partial charge on any atom is 0.106 e. The fourth-order valence-electron chi connectivity index (χ4n) is 0.576. The summed E-state index contributed by atoms with van der Waals surface area (Å²) in [6.07, 6.45) is 6.15. The molecule has 0 rings (SSSR count). The first-order valence-corrected chi connectivity index (χ1v) is 3.38. The Balaban J connectivity index is 2.97. The van der Waals surface area contributed by atoms with E-state index in [2.05, 4.69) is 26.8 Å². The van der Waals surface area contributed by atoms with Gasteiger partial charge in [-0.2, -0.15) is 6.42 Å². The third-order valence-electron chi connectivity index (χ3n) is 1.26. The van der Waals surface area contributed by atoms with Crippen LogP contribution in [0.15, 0.2) is 12.2 Å². The number of hydrogen-bond acceptors (Lipinski definition) is 0. The molecule has 0 fully saturated rings. The molecule has 0 amide bonds. The molecule has 0 bridgehead atoms. The Morgan fingerprint density at radius 1 is 1.67 bits per heavy atom. The number of hydrogen-bond donors (Lipinski definition) is 0.